The van der Waals surface area contributed by atoms with Crippen LogP contribution in [0.1, 0.15) is 10.4 Å². The smallest absolute Gasteiger partial charge is 0.377 e. The molecule has 1 aromatic carbocycles. The minimum absolute atomic E-state index is 0.304. The van der Waals surface area contributed by atoms with E-state index in [-0.39, 0.29) is 11.3 Å². The first-order valence-electron chi connectivity index (χ1n) is 4.31. The quantitative estimate of drug-likeness (QED) is 0.661. The lowest BCUT2D eigenvalue weighted by Gasteiger charge is -2.12. The van der Waals surface area contributed by atoms with Crippen LogP contribution in [0.15, 0.2) is 6.07 Å². The van der Waals surface area contributed by atoms with Crippen molar-refractivity contribution in [3.8, 4) is 11.5 Å². The lowest BCUT2D eigenvalue weighted by atomic mass is 10.1. The molecule has 0 heterocycles. The van der Waals surface area contributed by atoms with E-state index >= 15 is 0 Å². The minimum Gasteiger partial charge on any atom is -0.492 e. The lowest BCUT2D eigenvalue weighted by molar-refractivity contribution is -0.131. The molecular formula is C10H8ClFO5. The molecule has 0 aliphatic carbocycles. The van der Waals surface area contributed by atoms with E-state index in [4.69, 9.17) is 21.4 Å². The Morgan fingerprint density at radius 1 is 1.29 bits per heavy atom. The third kappa shape index (κ3) is 2.31. The van der Waals surface area contributed by atoms with Crippen molar-refractivity contribution in [3.05, 3.63) is 22.5 Å². The Hall–Kier alpha value is -1.82. The largest absolute Gasteiger partial charge is 0.492 e. The van der Waals surface area contributed by atoms with Gasteiger partial charge in [0.15, 0.2) is 17.3 Å². The molecule has 0 aliphatic heterocycles. The second-order valence-corrected chi connectivity index (χ2v) is 3.33. The van der Waals surface area contributed by atoms with Gasteiger partial charge in [0, 0.05) is 0 Å². The predicted molar refractivity (Wildman–Crippen MR) is 56.5 cm³/mol. The van der Waals surface area contributed by atoms with Gasteiger partial charge in [0.1, 0.15) is 0 Å². The Kier molecular flexibility index (Phi) is 3.90. The van der Waals surface area contributed by atoms with Crippen molar-refractivity contribution >= 4 is 23.4 Å². The number of carbonyl (C=O) groups is 2. The van der Waals surface area contributed by atoms with Crippen LogP contribution in [0.25, 0.3) is 0 Å². The van der Waals surface area contributed by atoms with Crippen LogP contribution < -0.4 is 9.47 Å². The maximum atomic E-state index is 13.5. The summed E-state index contributed by atoms with van der Waals surface area (Å²) in [7, 11) is 2.30. The van der Waals surface area contributed by atoms with Crippen LogP contribution >= 0.6 is 11.6 Å². The Morgan fingerprint density at radius 2 is 1.82 bits per heavy atom. The van der Waals surface area contributed by atoms with Gasteiger partial charge in [-0.25, -0.2) is 9.18 Å². The summed E-state index contributed by atoms with van der Waals surface area (Å²) in [5.41, 5.74) is -0.372. The third-order valence-corrected chi connectivity index (χ3v) is 2.25. The molecule has 1 rings (SSSR count). The number of rotatable bonds is 4. The van der Waals surface area contributed by atoms with Gasteiger partial charge in [0.25, 0.3) is 5.78 Å². The van der Waals surface area contributed by atoms with Gasteiger partial charge < -0.3 is 14.6 Å². The SMILES string of the molecule is COc1c(C(=O)C(=O)O)cc(Cl)c(F)c1OC. The fourth-order valence-electron chi connectivity index (χ4n) is 1.25. The van der Waals surface area contributed by atoms with E-state index in [0.29, 0.717) is 0 Å². The fraction of sp³-hybridized carbons (Fsp3) is 0.200. The molecule has 0 aromatic heterocycles. The number of halogens is 2. The van der Waals surface area contributed by atoms with Gasteiger partial charge in [-0.05, 0) is 6.07 Å². The Labute approximate surface area is 101 Å². The summed E-state index contributed by atoms with van der Waals surface area (Å²) >= 11 is 5.52. The molecule has 0 bridgehead atoms. The molecular weight excluding hydrogens is 255 g/mol. The molecule has 1 N–H and O–H groups in total. The molecule has 0 unspecified atom stereocenters. The Morgan fingerprint density at radius 3 is 2.24 bits per heavy atom. The molecule has 0 saturated heterocycles. The topological polar surface area (TPSA) is 72.8 Å². The highest BCUT2D eigenvalue weighted by molar-refractivity contribution is 6.41. The van der Waals surface area contributed by atoms with Gasteiger partial charge in [0.05, 0.1) is 24.8 Å². The number of methoxy groups -OCH3 is 2. The number of ether oxygens (including phenoxy) is 2. The second-order valence-electron chi connectivity index (χ2n) is 2.92. The maximum absolute atomic E-state index is 13.5. The van der Waals surface area contributed by atoms with Gasteiger partial charge in [-0.3, -0.25) is 4.79 Å². The summed E-state index contributed by atoms with van der Waals surface area (Å²) in [6.07, 6.45) is 0. The number of carboxylic acids is 1. The van der Waals surface area contributed by atoms with Crippen LogP contribution in [0.3, 0.4) is 0 Å². The number of ketones is 1. The van der Waals surface area contributed by atoms with E-state index in [1.807, 2.05) is 0 Å². The van der Waals surface area contributed by atoms with E-state index in [9.17, 15) is 14.0 Å². The molecule has 0 fully saturated rings. The van der Waals surface area contributed by atoms with Crippen molar-refractivity contribution in [2.45, 2.75) is 0 Å². The monoisotopic (exact) mass is 262 g/mol. The first-order chi connectivity index (χ1) is 7.93. The number of Topliss-reactive ketones (excluding diaryl/α,β-unsaturated/α-hetero) is 1. The summed E-state index contributed by atoms with van der Waals surface area (Å²) in [4.78, 5) is 21.9. The number of hydrogen-bond acceptors (Lipinski definition) is 4. The summed E-state index contributed by atoms with van der Waals surface area (Å²) in [5.74, 6) is -4.60. The van der Waals surface area contributed by atoms with Gasteiger partial charge in [0.2, 0.25) is 0 Å². The number of carboxylic acid groups (broad SMARTS) is 1. The fourth-order valence-corrected chi connectivity index (χ4v) is 1.45. The molecule has 17 heavy (non-hydrogen) atoms. The van der Waals surface area contributed by atoms with Crippen LogP contribution in [0, 0.1) is 5.82 Å². The van der Waals surface area contributed by atoms with Crippen LogP contribution in [0.2, 0.25) is 5.02 Å². The zero-order valence-corrected chi connectivity index (χ0v) is 9.67. The van der Waals surface area contributed by atoms with Crippen molar-refractivity contribution in [1.29, 1.82) is 0 Å². The summed E-state index contributed by atoms with van der Waals surface area (Å²) < 4.78 is 23.0. The molecule has 0 aliphatic rings. The maximum Gasteiger partial charge on any atom is 0.377 e. The highest BCUT2D eigenvalue weighted by atomic mass is 35.5. The van der Waals surface area contributed by atoms with Gasteiger partial charge in [-0.2, -0.15) is 0 Å². The first kappa shape index (κ1) is 13.2. The van der Waals surface area contributed by atoms with Gasteiger partial charge >= 0.3 is 5.97 Å². The second kappa shape index (κ2) is 5.01. The lowest BCUT2D eigenvalue weighted by Crippen LogP contribution is -2.15. The van der Waals surface area contributed by atoms with Crippen LogP contribution in [-0.4, -0.2) is 31.1 Å². The Balaban J connectivity index is 3.55. The van der Waals surface area contributed by atoms with E-state index in [0.717, 1.165) is 20.3 Å². The zero-order chi connectivity index (χ0) is 13.2. The highest BCUT2D eigenvalue weighted by Crippen LogP contribution is 2.38. The standard InChI is InChI=1S/C10H8ClFO5/c1-16-8-4(7(13)10(14)15)3-5(11)6(12)9(8)17-2/h3H,1-2H3,(H,14,15). The highest BCUT2D eigenvalue weighted by Gasteiger charge is 2.26. The van der Waals surface area contributed by atoms with Crippen molar-refractivity contribution in [1.82, 2.24) is 0 Å². The van der Waals surface area contributed by atoms with Crippen molar-refractivity contribution in [2.75, 3.05) is 14.2 Å². The van der Waals surface area contributed by atoms with E-state index in [1.54, 1.807) is 0 Å². The van der Waals surface area contributed by atoms with E-state index in [2.05, 4.69) is 4.74 Å². The number of benzene rings is 1. The number of aliphatic carboxylic acids is 1. The van der Waals surface area contributed by atoms with Crippen LogP contribution in [-0.2, 0) is 4.79 Å². The molecule has 0 radical (unpaired) electrons. The minimum atomic E-state index is -1.70. The third-order valence-electron chi connectivity index (χ3n) is 1.98. The normalized spacial score (nSPS) is 9.88. The van der Waals surface area contributed by atoms with Gasteiger partial charge in [-0.15, -0.1) is 0 Å². The molecule has 0 amide bonds. The molecule has 5 nitrogen and oxygen atoms in total. The van der Waals surface area contributed by atoms with Gasteiger partial charge in [-0.1, -0.05) is 11.6 Å². The Bertz CT molecular complexity index is 486. The summed E-state index contributed by atoms with van der Waals surface area (Å²) in [6.45, 7) is 0. The van der Waals surface area contributed by atoms with Crippen molar-refractivity contribution < 1.29 is 28.6 Å². The predicted octanol–water partition coefficient (Wildman–Crippen LogP) is 1.76. The zero-order valence-electron chi connectivity index (χ0n) is 8.91. The molecule has 1 aromatic rings. The molecule has 0 atom stereocenters. The average molecular weight is 263 g/mol. The molecule has 7 heteroatoms. The number of hydrogen-bond donors (Lipinski definition) is 1. The molecule has 0 spiro atoms. The van der Waals surface area contributed by atoms with Crippen LogP contribution in [0.4, 0.5) is 4.39 Å². The summed E-state index contributed by atoms with van der Waals surface area (Å²) in [6, 6.07) is 0.884. The van der Waals surface area contributed by atoms with Crippen molar-refractivity contribution in [2.24, 2.45) is 0 Å². The average Bonchev–Trinajstić information content (AvgIpc) is 2.30. The van der Waals surface area contributed by atoms with E-state index < -0.39 is 28.3 Å². The summed E-state index contributed by atoms with van der Waals surface area (Å²) in [5, 5.41) is 8.17. The van der Waals surface area contributed by atoms with Crippen LogP contribution in [0.5, 0.6) is 11.5 Å². The van der Waals surface area contributed by atoms with Crippen molar-refractivity contribution in [3.63, 3.8) is 0 Å². The van der Waals surface area contributed by atoms with E-state index in [1.165, 1.54) is 0 Å². The number of carbonyl (C=O) groups excluding carboxylic acids is 1. The molecule has 0 saturated carbocycles. The first-order valence-corrected chi connectivity index (χ1v) is 4.69. The molecule has 92 valence electrons.